The van der Waals surface area contributed by atoms with Gasteiger partial charge in [0.25, 0.3) is 0 Å². The molecule has 1 N–H and O–H groups in total. The minimum Gasteiger partial charge on any atom is -0.323 e. The van der Waals surface area contributed by atoms with E-state index in [2.05, 4.69) is 11.4 Å². The van der Waals surface area contributed by atoms with E-state index in [1.54, 1.807) is 43.4 Å². The fourth-order valence-electron chi connectivity index (χ4n) is 1.89. The number of hydrogen-bond donors (Lipinski definition) is 1. The first-order valence-electron chi connectivity index (χ1n) is 6.46. The van der Waals surface area contributed by atoms with Crippen molar-refractivity contribution in [3.8, 4) is 6.07 Å². The van der Waals surface area contributed by atoms with Gasteiger partial charge in [0, 0.05) is 18.6 Å². The molecule has 0 saturated carbocycles. The minimum atomic E-state index is -0.299. The number of carbonyl (C=O) groups is 1. The quantitative estimate of drug-likeness (QED) is 0.897. The molecule has 2 aromatic carbocycles. The highest BCUT2D eigenvalue weighted by Gasteiger charge is 2.11. The van der Waals surface area contributed by atoms with Crippen molar-refractivity contribution in [3.63, 3.8) is 0 Å². The van der Waals surface area contributed by atoms with Crippen LogP contribution in [-0.2, 0) is 6.54 Å². The molecular formula is C16H13Cl2N3O. The lowest BCUT2D eigenvalue weighted by atomic mass is 10.1. The number of rotatable bonds is 3. The monoisotopic (exact) mass is 333 g/mol. The van der Waals surface area contributed by atoms with Crippen LogP contribution in [0.5, 0.6) is 0 Å². The van der Waals surface area contributed by atoms with Gasteiger partial charge in [-0.2, -0.15) is 5.26 Å². The summed E-state index contributed by atoms with van der Waals surface area (Å²) in [6, 6.07) is 13.8. The molecule has 0 spiro atoms. The summed E-state index contributed by atoms with van der Waals surface area (Å²) in [5.74, 6) is 0. The molecule has 22 heavy (non-hydrogen) atoms. The van der Waals surface area contributed by atoms with E-state index in [-0.39, 0.29) is 6.03 Å². The first-order valence-corrected chi connectivity index (χ1v) is 7.21. The number of amides is 2. The normalized spacial score (nSPS) is 9.91. The second-order valence-corrected chi connectivity index (χ2v) is 5.57. The number of benzene rings is 2. The number of nitriles is 1. The summed E-state index contributed by atoms with van der Waals surface area (Å²) in [4.78, 5) is 13.7. The van der Waals surface area contributed by atoms with Crippen LogP contribution in [0.15, 0.2) is 42.5 Å². The third kappa shape index (κ3) is 4.14. The Morgan fingerprint density at radius 2 is 2.05 bits per heavy atom. The van der Waals surface area contributed by atoms with Crippen LogP contribution in [-0.4, -0.2) is 18.0 Å². The van der Waals surface area contributed by atoms with E-state index in [0.29, 0.717) is 27.8 Å². The Morgan fingerprint density at radius 3 is 2.73 bits per heavy atom. The summed E-state index contributed by atoms with van der Waals surface area (Å²) < 4.78 is 0. The van der Waals surface area contributed by atoms with Crippen molar-refractivity contribution in [2.75, 3.05) is 12.4 Å². The van der Waals surface area contributed by atoms with Gasteiger partial charge in [0.2, 0.25) is 0 Å². The molecule has 0 heterocycles. The van der Waals surface area contributed by atoms with E-state index >= 15 is 0 Å². The molecule has 112 valence electrons. The molecule has 0 saturated heterocycles. The van der Waals surface area contributed by atoms with Gasteiger partial charge >= 0.3 is 6.03 Å². The van der Waals surface area contributed by atoms with Crippen LogP contribution in [0.4, 0.5) is 10.5 Å². The van der Waals surface area contributed by atoms with Gasteiger partial charge in [-0.05, 0) is 35.9 Å². The summed E-state index contributed by atoms with van der Waals surface area (Å²) in [6.45, 7) is 0.382. The topological polar surface area (TPSA) is 56.1 Å². The maximum Gasteiger partial charge on any atom is 0.321 e. The van der Waals surface area contributed by atoms with Crippen LogP contribution < -0.4 is 5.32 Å². The molecule has 0 bridgehead atoms. The van der Waals surface area contributed by atoms with Gasteiger partial charge in [0.1, 0.15) is 0 Å². The Labute approximate surface area is 138 Å². The standard InChI is InChI=1S/C16H13Cl2N3O/c1-21(10-12-4-2-3-11(7-12)9-19)16(22)20-15-6-5-13(17)8-14(15)18/h2-8H,10H2,1H3,(H,20,22). The number of nitrogens with one attached hydrogen (secondary N) is 1. The molecule has 6 heteroatoms. The first-order chi connectivity index (χ1) is 10.5. The molecule has 0 radical (unpaired) electrons. The van der Waals surface area contributed by atoms with Crippen molar-refractivity contribution < 1.29 is 4.79 Å². The number of nitrogens with zero attached hydrogens (tertiary/aromatic N) is 2. The Balaban J connectivity index is 2.04. The zero-order chi connectivity index (χ0) is 16.1. The molecule has 2 aromatic rings. The van der Waals surface area contributed by atoms with Gasteiger partial charge in [0.05, 0.1) is 22.3 Å². The molecule has 0 atom stereocenters. The fourth-order valence-corrected chi connectivity index (χ4v) is 2.34. The van der Waals surface area contributed by atoms with Crippen molar-refractivity contribution in [3.05, 3.63) is 63.6 Å². The van der Waals surface area contributed by atoms with E-state index in [9.17, 15) is 4.79 Å². The van der Waals surface area contributed by atoms with E-state index in [1.807, 2.05) is 6.07 Å². The van der Waals surface area contributed by atoms with Crippen molar-refractivity contribution in [1.29, 1.82) is 5.26 Å². The summed E-state index contributed by atoms with van der Waals surface area (Å²) in [5, 5.41) is 12.5. The SMILES string of the molecule is CN(Cc1cccc(C#N)c1)C(=O)Nc1ccc(Cl)cc1Cl. The molecule has 4 nitrogen and oxygen atoms in total. The lowest BCUT2D eigenvalue weighted by molar-refractivity contribution is 0.220. The second-order valence-electron chi connectivity index (χ2n) is 4.72. The van der Waals surface area contributed by atoms with Gasteiger partial charge in [-0.3, -0.25) is 0 Å². The highest BCUT2D eigenvalue weighted by molar-refractivity contribution is 6.36. The molecule has 2 rings (SSSR count). The lowest BCUT2D eigenvalue weighted by Crippen LogP contribution is -2.30. The van der Waals surface area contributed by atoms with Crippen LogP contribution >= 0.6 is 23.2 Å². The highest BCUT2D eigenvalue weighted by Crippen LogP contribution is 2.25. The van der Waals surface area contributed by atoms with Gasteiger partial charge < -0.3 is 10.2 Å². The average Bonchev–Trinajstić information content (AvgIpc) is 2.50. The average molecular weight is 334 g/mol. The van der Waals surface area contributed by atoms with Crippen LogP contribution in [0, 0.1) is 11.3 Å². The van der Waals surface area contributed by atoms with Gasteiger partial charge in [-0.25, -0.2) is 4.79 Å². The van der Waals surface area contributed by atoms with E-state index in [0.717, 1.165) is 5.56 Å². The highest BCUT2D eigenvalue weighted by atomic mass is 35.5. The van der Waals surface area contributed by atoms with Crippen LogP contribution in [0.3, 0.4) is 0 Å². The number of urea groups is 1. The third-order valence-corrected chi connectivity index (χ3v) is 3.54. The molecule has 0 aliphatic heterocycles. The summed E-state index contributed by atoms with van der Waals surface area (Å²) >= 11 is 11.8. The summed E-state index contributed by atoms with van der Waals surface area (Å²) in [7, 11) is 1.66. The number of hydrogen-bond acceptors (Lipinski definition) is 2. The predicted molar refractivity (Wildman–Crippen MR) is 88.1 cm³/mol. The zero-order valence-electron chi connectivity index (χ0n) is 11.8. The molecular weight excluding hydrogens is 321 g/mol. The Bertz CT molecular complexity index is 740. The van der Waals surface area contributed by atoms with Crippen LogP contribution in [0.1, 0.15) is 11.1 Å². The number of anilines is 1. The van der Waals surface area contributed by atoms with E-state index in [1.165, 1.54) is 4.90 Å². The van der Waals surface area contributed by atoms with E-state index < -0.39 is 0 Å². The fraction of sp³-hybridized carbons (Fsp3) is 0.125. The predicted octanol–water partition coefficient (Wildman–Crippen LogP) is 4.53. The number of halogens is 2. The lowest BCUT2D eigenvalue weighted by Gasteiger charge is -2.18. The second kappa shape index (κ2) is 7.17. The van der Waals surface area contributed by atoms with Crippen molar-refractivity contribution in [1.82, 2.24) is 4.90 Å². The minimum absolute atomic E-state index is 0.299. The van der Waals surface area contributed by atoms with Crippen LogP contribution in [0.2, 0.25) is 10.0 Å². The molecule has 0 aliphatic carbocycles. The Hall–Kier alpha value is -2.22. The zero-order valence-corrected chi connectivity index (χ0v) is 13.3. The smallest absolute Gasteiger partial charge is 0.321 e. The van der Waals surface area contributed by atoms with Gasteiger partial charge in [0.15, 0.2) is 0 Å². The number of carbonyl (C=O) groups excluding carboxylic acids is 1. The van der Waals surface area contributed by atoms with Gasteiger partial charge in [-0.15, -0.1) is 0 Å². The molecule has 2 amide bonds. The maximum absolute atomic E-state index is 12.2. The third-order valence-electron chi connectivity index (χ3n) is 3.00. The van der Waals surface area contributed by atoms with Crippen molar-refractivity contribution in [2.45, 2.75) is 6.54 Å². The summed E-state index contributed by atoms with van der Waals surface area (Å²) in [5.41, 5.74) is 1.93. The largest absolute Gasteiger partial charge is 0.323 e. The summed E-state index contributed by atoms with van der Waals surface area (Å²) in [6.07, 6.45) is 0. The van der Waals surface area contributed by atoms with Gasteiger partial charge in [-0.1, -0.05) is 35.3 Å². The van der Waals surface area contributed by atoms with E-state index in [4.69, 9.17) is 28.5 Å². The first kappa shape index (κ1) is 16.2. The van der Waals surface area contributed by atoms with Crippen LogP contribution in [0.25, 0.3) is 0 Å². The van der Waals surface area contributed by atoms with Crippen molar-refractivity contribution >= 4 is 34.9 Å². The Kier molecular flexibility index (Phi) is 5.26. The molecule has 0 aliphatic rings. The molecule has 0 fully saturated rings. The maximum atomic E-state index is 12.2. The molecule has 0 aromatic heterocycles. The van der Waals surface area contributed by atoms with Crippen molar-refractivity contribution in [2.24, 2.45) is 0 Å². The Morgan fingerprint density at radius 1 is 1.27 bits per heavy atom. The molecule has 0 unspecified atom stereocenters.